The van der Waals surface area contributed by atoms with Crippen LogP contribution in [0.2, 0.25) is 0 Å². The summed E-state index contributed by atoms with van der Waals surface area (Å²) in [5.74, 6) is 4.71. The van der Waals surface area contributed by atoms with Gasteiger partial charge in [0.1, 0.15) is 0 Å². The Bertz CT molecular complexity index is 485. The second-order valence-electron chi connectivity index (χ2n) is 3.36. The van der Waals surface area contributed by atoms with Gasteiger partial charge in [-0.1, -0.05) is 17.9 Å². The first-order valence-corrected chi connectivity index (χ1v) is 5.04. The number of unbranched alkanes of at least 4 members (excludes halogenated alkanes) is 1. The van der Waals surface area contributed by atoms with E-state index in [4.69, 9.17) is 5.11 Å². The number of nitro groups is 1. The average molecular weight is 233 g/mol. The van der Waals surface area contributed by atoms with Crippen LogP contribution < -0.4 is 0 Å². The molecule has 0 bridgehead atoms. The Morgan fingerprint density at radius 3 is 2.88 bits per heavy atom. The molecule has 1 aromatic rings. The quantitative estimate of drug-likeness (QED) is 0.374. The van der Waals surface area contributed by atoms with Crippen molar-refractivity contribution in [3.63, 3.8) is 0 Å². The van der Waals surface area contributed by atoms with Gasteiger partial charge >= 0.3 is 5.97 Å². The Morgan fingerprint density at radius 2 is 2.24 bits per heavy atom. The molecule has 0 fully saturated rings. The average Bonchev–Trinajstić information content (AvgIpc) is 2.28. The van der Waals surface area contributed by atoms with E-state index in [-0.39, 0.29) is 12.1 Å². The molecule has 0 saturated carbocycles. The molecule has 0 spiro atoms. The lowest BCUT2D eigenvalue weighted by atomic mass is 10.2. The van der Waals surface area contributed by atoms with E-state index < -0.39 is 10.9 Å². The molecule has 1 N–H and O–H groups in total. The van der Waals surface area contributed by atoms with Gasteiger partial charge < -0.3 is 5.11 Å². The zero-order valence-electron chi connectivity index (χ0n) is 9.05. The largest absolute Gasteiger partial charge is 0.481 e. The lowest BCUT2D eigenvalue weighted by molar-refractivity contribution is -0.384. The summed E-state index contributed by atoms with van der Waals surface area (Å²) >= 11 is 0. The van der Waals surface area contributed by atoms with E-state index in [1.165, 1.54) is 12.1 Å². The van der Waals surface area contributed by atoms with Gasteiger partial charge in [-0.05, 0) is 12.5 Å². The normalized spacial score (nSPS) is 9.18. The van der Waals surface area contributed by atoms with Crippen LogP contribution in [0.25, 0.3) is 0 Å². The molecule has 0 heterocycles. The van der Waals surface area contributed by atoms with Gasteiger partial charge in [-0.25, -0.2) is 0 Å². The molecule has 0 unspecified atom stereocenters. The SMILES string of the molecule is O=C(O)CCCC#Cc1cccc([N+](=O)[O-])c1. The molecule has 5 nitrogen and oxygen atoms in total. The number of non-ortho nitro benzene ring substituents is 1. The summed E-state index contributed by atoms with van der Waals surface area (Å²) in [5, 5.41) is 18.9. The Hall–Kier alpha value is -2.35. The summed E-state index contributed by atoms with van der Waals surface area (Å²) in [6, 6.07) is 6.04. The molecule has 0 aliphatic carbocycles. The smallest absolute Gasteiger partial charge is 0.303 e. The number of hydrogen-bond donors (Lipinski definition) is 1. The van der Waals surface area contributed by atoms with Gasteiger partial charge in [0.2, 0.25) is 0 Å². The lowest BCUT2D eigenvalue weighted by Crippen LogP contribution is -1.92. The number of carboxylic acid groups (broad SMARTS) is 1. The molecule has 0 amide bonds. The van der Waals surface area contributed by atoms with Gasteiger partial charge in [-0.15, -0.1) is 0 Å². The molecule has 17 heavy (non-hydrogen) atoms. The highest BCUT2D eigenvalue weighted by Crippen LogP contribution is 2.12. The molecule has 0 saturated heterocycles. The Balaban J connectivity index is 2.56. The van der Waals surface area contributed by atoms with Gasteiger partial charge in [-0.3, -0.25) is 14.9 Å². The van der Waals surface area contributed by atoms with Gasteiger partial charge in [0.25, 0.3) is 5.69 Å². The Morgan fingerprint density at radius 1 is 1.47 bits per heavy atom. The van der Waals surface area contributed by atoms with E-state index in [1.54, 1.807) is 12.1 Å². The number of benzene rings is 1. The van der Waals surface area contributed by atoms with Crippen molar-refractivity contribution in [1.82, 2.24) is 0 Å². The minimum absolute atomic E-state index is 0.00216. The van der Waals surface area contributed by atoms with Crippen LogP contribution in [0, 0.1) is 22.0 Å². The van der Waals surface area contributed by atoms with Crippen molar-refractivity contribution in [2.24, 2.45) is 0 Å². The molecule has 0 aromatic heterocycles. The van der Waals surface area contributed by atoms with E-state index in [1.807, 2.05) is 0 Å². The van der Waals surface area contributed by atoms with Crippen LogP contribution in [-0.4, -0.2) is 16.0 Å². The van der Waals surface area contributed by atoms with Crippen molar-refractivity contribution in [2.45, 2.75) is 19.3 Å². The van der Waals surface area contributed by atoms with Crippen molar-refractivity contribution in [3.8, 4) is 11.8 Å². The predicted octanol–water partition coefficient (Wildman–Crippen LogP) is 2.20. The maximum Gasteiger partial charge on any atom is 0.303 e. The van der Waals surface area contributed by atoms with Crippen LogP contribution in [0.4, 0.5) is 5.69 Å². The fourth-order valence-electron chi connectivity index (χ4n) is 1.19. The molecule has 1 rings (SSSR count). The predicted molar refractivity (Wildman–Crippen MR) is 61.5 cm³/mol. The second kappa shape index (κ2) is 6.28. The number of carbonyl (C=O) groups is 1. The molecule has 0 atom stereocenters. The first-order chi connectivity index (χ1) is 8.09. The number of nitrogens with zero attached hydrogens (tertiary/aromatic N) is 1. The molecular formula is C12H11NO4. The number of carboxylic acids is 1. The van der Waals surface area contributed by atoms with E-state index in [0.717, 1.165) is 0 Å². The van der Waals surface area contributed by atoms with E-state index in [2.05, 4.69) is 11.8 Å². The van der Waals surface area contributed by atoms with Crippen molar-refractivity contribution in [2.75, 3.05) is 0 Å². The third-order valence-corrected chi connectivity index (χ3v) is 1.98. The molecule has 88 valence electrons. The van der Waals surface area contributed by atoms with Crippen LogP contribution in [0.5, 0.6) is 0 Å². The third-order valence-electron chi connectivity index (χ3n) is 1.98. The standard InChI is InChI=1S/C12H11NO4/c14-12(15)8-3-1-2-5-10-6-4-7-11(9-10)13(16)17/h4,6-7,9H,1,3,8H2,(H,14,15). The summed E-state index contributed by atoms with van der Waals surface area (Å²) in [4.78, 5) is 20.2. The van der Waals surface area contributed by atoms with Crippen molar-refractivity contribution < 1.29 is 14.8 Å². The number of hydrogen-bond acceptors (Lipinski definition) is 3. The number of nitro benzene ring substituents is 1. The van der Waals surface area contributed by atoms with Crippen LogP contribution in [0.15, 0.2) is 24.3 Å². The summed E-state index contributed by atoms with van der Waals surface area (Å²) in [6.45, 7) is 0. The zero-order chi connectivity index (χ0) is 12.7. The fraction of sp³-hybridized carbons (Fsp3) is 0.250. The molecule has 1 aromatic carbocycles. The first kappa shape index (κ1) is 12.7. The second-order valence-corrected chi connectivity index (χ2v) is 3.36. The van der Waals surface area contributed by atoms with E-state index >= 15 is 0 Å². The highest BCUT2D eigenvalue weighted by atomic mass is 16.6. The van der Waals surface area contributed by atoms with Crippen LogP contribution >= 0.6 is 0 Å². The monoisotopic (exact) mass is 233 g/mol. The molecule has 0 aliphatic rings. The maximum atomic E-state index is 10.5. The van der Waals surface area contributed by atoms with E-state index in [9.17, 15) is 14.9 Å². The minimum Gasteiger partial charge on any atom is -0.481 e. The Kier molecular flexibility index (Phi) is 4.70. The van der Waals surface area contributed by atoms with Crippen molar-refractivity contribution in [3.05, 3.63) is 39.9 Å². The zero-order valence-corrected chi connectivity index (χ0v) is 9.05. The van der Waals surface area contributed by atoms with Gasteiger partial charge in [-0.2, -0.15) is 0 Å². The highest BCUT2D eigenvalue weighted by molar-refractivity contribution is 5.66. The molecule has 0 radical (unpaired) electrons. The molecule has 0 aliphatic heterocycles. The van der Waals surface area contributed by atoms with Crippen LogP contribution in [0.3, 0.4) is 0 Å². The van der Waals surface area contributed by atoms with Crippen molar-refractivity contribution in [1.29, 1.82) is 0 Å². The van der Waals surface area contributed by atoms with Gasteiger partial charge in [0.05, 0.1) is 4.92 Å². The van der Waals surface area contributed by atoms with Crippen LogP contribution in [0.1, 0.15) is 24.8 Å². The van der Waals surface area contributed by atoms with E-state index in [0.29, 0.717) is 18.4 Å². The number of rotatable bonds is 4. The summed E-state index contributed by atoms with van der Waals surface area (Å²) in [7, 11) is 0. The molecular weight excluding hydrogens is 222 g/mol. The Labute approximate surface area is 98.2 Å². The maximum absolute atomic E-state index is 10.5. The highest BCUT2D eigenvalue weighted by Gasteiger charge is 2.03. The van der Waals surface area contributed by atoms with Crippen molar-refractivity contribution >= 4 is 11.7 Å². The number of aliphatic carboxylic acids is 1. The molecule has 5 heteroatoms. The van der Waals surface area contributed by atoms with Gasteiger partial charge in [0, 0.05) is 30.5 Å². The van der Waals surface area contributed by atoms with Gasteiger partial charge in [0.15, 0.2) is 0 Å². The lowest BCUT2D eigenvalue weighted by Gasteiger charge is -1.92. The minimum atomic E-state index is -0.845. The van der Waals surface area contributed by atoms with Crippen LogP contribution in [-0.2, 0) is 4.79 Å². The summed E-state index contributed by atoms with van der Waals surface area (Å²) < 4.78 is 0. The fourth-order valence-corrected chi connectivity index (χ4v) is 1.19. The first-order valence-electron chi connectivity index (χ1n) is 5.04. The third kappa shape index (κ3) is 4.80. The summed E-state index contributed by atoms with van der Waals surface area (Å²) in [6.07, 6.45) is 1.04. The topological polar surface area (TPSA) is 80.4 Å². The summed E-state index contributed by atoms with van der Waals surface area (Å²) in [5.41, 5.74) is 0.567.